The highest BCUT2D eigenvalue weighted by molar-refractivity contribution is 7.89. The Morgan fingerprint density at radius 2 is 2.12 bits per heavy atom. The van der Waals surface area contributed by atoms with Crippen LogP contribution in [-0.2, 0) is 10.0 Å². The molecular weight excluding hydrogens is 260 g/mol. The number of sulfonamides is 1. The summed E-state index contributed by atoms with van der Waals surface area (Å²) in [6.45, 7) is 0.481. The van der Waals surface area contributed by atoms with E-state index >= 15 is 0 Å². The Bertz CT molecular complexity index is 512. The van der Waals surface area contributed by atoms with Crippen molar-refractivity contribution >= 4 is 27.3 Å². The molecule has 0 atom stereocenters. The molecule has 0 amide bonds. The molecule has 1 aliphatic rings. The fourth-order valence-corrected chi connectivity index (χ4v) is 2.88. The zero-order valence-corrected chi connectivity index (χ0v) is 10.9. The minimum Gasteiger partial charge on any atom is -0.398 e. The molecular formula is C11H15ClN2O2S. The summed E-state index contributed by atoms with van der Waals surface area (Å²) in [5.41, 5.74) is 5.91. The lowest BCUT2D eigenvalue weighted by Crippen LogP contribution is -2.25. The Labute approximate surface area is 106 Å². The summed E-state index contributed by atoms with van der Waals surface area (Å²) in [7, 11) is -3.46. The van der Waals surface area contributed by atoms with Crippen LogP contribution >= 0.6 is 11.6 Å². The molecule has 1 aromatic rings. The second-order valence-corrected chi connectivity index (χ2v) is 6.49. The third-order valence-corrected chi connectivity index (χ3v) is 4.61. The van der Waals surface area contributed by atoms with Crippen molar-refractivity contribution in [3.63, 3.8) is 0 Å². The van der Waals surface area contributed by atoms with Crippen LogP contribution in [0.5, 0.6) is 0 Å². The van der Waals surface area contributed by atoms with E-state index in [0.29, 0.717) is 18.2 Å². The van der Waals surface area contributed by atoms with Gasteiger partial charge in [-0.15, -0.1) is 0 Å². The Morgan fingerprint density at radius 1 is 1.41 bits per heavy atom. The fourth-order valence-electron chi connectivity index (χ4n) is 1.56. The maximum absolute atomic E-state index is 11.9. The largest absolute Gasteiger partial charge is 0.398 e. The van der Waals surface area contributed by atoms with E-state index in [9.17, 15) is 8.42 Å². The molecule has 94 valence electrons. The molecule has 0 radical (unpaired) electrons. The van der Waals surface area contributed by atoms with Crippen LogP contribution in [0.3, 0.4) is 0 Å². The highest BCUT2D eigenvalue weighted by atomic mass is 35.5. The van der Waals surface area contributed by atoms with Gasteiger partial charge < -0.3 is 5.73 Å². The second kappa shape index (κ2) is 4.84. The lowest BCUT2D eigenvalue weighted by atomic mass is 10.3. The molecule has 1 fully saturated rings. The molecule has 0 bridgehead atoms. The van der Waals surface area contributed by atoms with Crippen molar-refractivity contribution in [2.24, 2.45) is 5.92 Å². The third-order valence-electron chi connectivity index (χ3n) is 2.82. The summed E-state index contributed by atoms with van der Waals surface area (Å²) in [5.74, 6) is 0.702. The predicted octanol–water partition coefficient (Wildman–Crippen LogP) is 2.00. The molecule has 0 aliphatic heterocycles. The molecule has 1 aromatic carbocycles. The van der Waals surface area contributed by atoms with Gasteiger partial charge in [0.1, 0.15) is 0 Å². The highest BCUT2D eigenvalue weighted by Gasteiger charge is 2.22. The maximum Gasteiger partial charge on any atom is 0.240 e. The molecule has 0 saturated heterocycles. The van der Waals surface area contributed by atoms with Crippen LogP contribution in [0.1, 0.15) is 19.3 Å². The van der Waals surface area contributed by atoms with Gasteiger partial charge in [-0.1, -0.05) is 24.4 Å². The first-order chi connectivity index (χ1) is 7.99. The standard InChI is InChI=1S/C11H15ClN2O2S/c12-10-7-9(3-4-11(10)13)17(15,16)14-6-5-8-1-2-8/h3-4,7-8,14H,1-2,5-6,13H2. The molecule has 17 heavy (non-hydrogen) atoms. The van der Waals surface area contributed by atoms with Gasteiger partial charge in [0, 0.05) is 6.54 Å². The predicted molar refractivity (Wildman–Crippen MR) is 68.4 cm³/mol. The third kappa shape index (κ3) is 3.34. The number of hydrogen-bond donors (Lipinski definition) is 2. The molecule has 0 spiro atoms. The summed E-state index contributed by atoms with van der Waals surface area (Å²) in [5, 5.41) is 0.259. The van der Waals surface area contributed by atoms with E-state index in [1.54, 1.807) is 0 Å². The molecule has 1 aliphatic carbocycles. The number of nitrogens with one attached hydrogen (secondary N) is 1. The lowest BCUT2D eigenvalue weighted by molar-refractivity contribution is 0.575. The van der Waals surface area contributed by atoms with Gasteiger partial charge in [0.05, 0.1) is 15.6 Å². The minimum atomic E-state index is -3.46. The van der Waals surface area contributed by atoms with Gasteiger partial charge in [-0.3, -0.25) is 0 Å². The molecule has 0 heterocycles. The van der Waals surface area contributed by atoms with Crippen molar-refractivity contribution in [3.05, 3.63) is 23.2 Å². The quantitative estimate of drug-likeness (QED) is 0.807. The first kappa shape index (κ1) is 12.7. The van der Waals surface area contributed by atoms with Gasteiger partial charge in [0.25, 0.3) is 0 Å². The first-order valence-corrected chi connectivity index (χ1v) is 7.40. The summed E-state index contributed by atoms with van der Waals surface area (Å²) in [6.07, 6.45) is 3.34. The summed E-state index contributed by atoms with van der Waals surface area (Å²) >= 11 is 5.80. The Morgan fingerprint density at radius 3 is 2.71 bits per heavy atom. The zero-order chi connectivity index (χ0) is 12.5. The Balaban J connectivity index is 2.04. The van der Waals surface area contributed by atoms with E-state index in [1.807, 2.05) is 0 Å². The molecule has 2 rings (SSSR count). The monoisotopic (exact) mass is 274 g/mol. The van der Waals surface area contributed by atoms with Crippen molar-refractivity contribution in [2.75, 3.05) is 12.3 Å². The van der Waals surface area contributed by atoms with Gasteiger partial charge in [0.15, 0.2) is 0 Å². The van der Waals surface area contributed by atoms with Crippen LogP contribution in [0.2, 0.25) is 5.02 Å². The number of nitrogens with two attached hydrogens (primary N) is 1. The Hall–Kier alpha value is -0.780. The summed E-state index contributed by atoms with van der Waals surface area (Å²) in [4.78, 5) is 0.160. The van der Waals surface area contributed by atoms with Gasteiger partial charge in [-0.25, -0.2) is 13.1 Å². The number of hydrogen-bond acceptors (Lipinski definition) is 3. The van der Waals surface area contributed by atoms with Crippen molar-refractivity contribution in [3.8, 4) is 0 Å². The number of benzene rings is 1. The first-order valence-electron chi connectivity index (χ1n) is 5.54. The summed E-state index contributed by atoms with van der Waals surface area (Å²) < 4.78 is 26.3. The van der Waals surface area contributed by atoms with Crippen molar-refractivity contribution in [1.29, 1.82) is 0 Å². The molecule has 4 nitrogen and oxygen atoms in total. The van der Waals surface area contributed by atoms with Crippen LogP contribution in [0.4, 0.5) is 5.69 Å². The van der Waals surface area contributed by atoms with Crippen LogP contribution in [0.25, 0.3) is 0 Å². The van der Waals surface area contributed by atoms with Gasteiger partial charge >= 0.3 is 0 Å². The number of anilines is 1. The van der Waals surface area contributed by atoms with Crippen molar-refractivity contribution in [1.82, 2.24) is 4.72 Å². The number of nitrogen functional groups attached to an aromatic ring is 1. The highest BCUT2D eigenvalue weighted by Crippen LogP contribution is 2.31. The van der Waals surface area contributed by atoms with E-state index < -0.39 is 10.0 Å². The lowest BCUT2D eigenvalue weighted by Gasteiger charge is -2.07. The summed E-state index contributed by atoms with van der Waals surface area (Å²) in [6, 6.07) is 4.33. The average molecular weight is 275 g/mol. The fraction of sp³-hybridized carbons (Fsp3) is 0.455. The van der Waals surface area contributed by atoms with Crippen LogP contribution < -0.4 is 10.5 Å². The molecule has 6 heteroatoms. The number of rotatable bonds is 5. The van der Waals surface area contributed by atoms with Crippen LogP contribution in [-0.4, -0.2) is 15.0 Å². The molecule has 3 N–H and O–H groups in total. The second-order valence-electron chi connectivity index (χ2n) is 4.31. The van der Waals surface area contributed by atoms with E-state index in [4.69, 9.17) is 17.3 Å². The molecule has 1 saturated carbocycles. The smallest absolute Gasteiger partial charge is 0.240 e. The normalized spacial score (nSPS) is 16.1. The van der Waals surface area contributed by atoms with Crippen LogP contribution in [0.15, 0.2) is 23.1 Å². The van der Waals surface area contributed by atoms with Gasteiger partial charge in [-0.2, -0.15) is 0 Å². The molecule has 0 aromatic heterocycles. The van der Waals surface area contributed by atoms with Gasteiger partial charge in [-0.05, 0) is 30.5 Å². The van der Waals surface area contributed by atoms with Gasteiger partial charge in [0.2, 0.25) is 10.0 Å². The van der Waals surface area contributed by atoms with E-state index in [2.05, 4.69) is 4.72 Å². The minimum absolute atomic E-state index is 0.160. The number of halogens is 1. The SMILES string of the molecule is Nc1ccc(S(=O)(=O)NCCC2CC2)cc1Cl. The van der Waals surface area contributed by atoms with E-state index in [1.165, 1.54) is 31.0 Å². The zero-order valence-electron chi connectivity index (χ0n) is 9.32. The molecule has 0 unspecified atom stereocenters. The van der Waals surface area contributed by atoms with E-state index in [-0.39, 0.29) is 9.92 Å². The Kier molecular flexibility index (Phi) is 3.61. The average Bonchev–Trinajstić information content (AvgIpc) is 3.05. The van der Waals surface area contributed by atoms with Crippen molar-refractivity contribution < 1.29 is 8.42 Å². The van der Waals surface area contributed by atoms with E-state index in [0.717, 1.165) is 6.42 Å². The topological polar surface area (TPSA) is 72.2 Å². The van der Waals surface area contributed by atoms with Crippen LogP contribution in [0, 0.1) is 5.92 Å². The maximum atomic E-state index is 11.9. The van der Waals surface area contributed by atoms with Crippen molar-refractivity contribution in [2.45, 2.75) is 24.2 Å².